The van der Waals surface area contributed by atoms with Crippen molar-refractivity contribution in [2.45, 2.75) is 13.8 Å². The molecular formula is C24H22O4. The van der Waals surface area contributed by atoms with Crippen molar-refractivity contribution in [3.05, 3.63) is 94.0 Å². The van der Waals surface area contributed by atoms with E-state index in [2.05, 4.69) is 0 Å². The van der Waals surface area contributed by atoms with E-state index in [9.17, 15) is 9.59 Å². The summed E-state index contributed by atoms with van der Waals surface area (Å²) in [6.45, 7) is 3.71. The second-order valence-electron chi connectivity index (χ2n) is 6.60. The van der Waals surface area contributed by atoms with Crippen LogP contribution >= 0.6 is 0 Å². The normalized spacial score (nSPS) is 10.4. The Morgan fingerprint density at radius 1 is 0.607 bits per heavy atom. The largest absolute Gasteiger partial charge is 0.497 e. The van der Waals surface area contributed by atoms with Crippen molar-refractivity contribution in [1.82, 2.24) is 0 Å². The Bertz CT molecular complexity index is 992. The number of carbonyl (C=O) groups excluding carboxylic acids is 2. The number of carbonyl (C=O) groups is 2. The average Bonchev–Trinajstić information content (AvgIpc) is 2.72. The maximum Gasteiger partial charge on any atom is 0.193 e. The van der Waals surface area contributed by atoms with Crippen LogP contribution in [-0.2, 0) is 0 Å². The number of aryl methyl sites for hydroxylation is 2. The number of hydrogen-bond donors (Lipinski definition) is 0. The molecule has 0 aliphatic heterocycles. The van der Waals surface area contributed by atoms with Crippen LogP contribution in [0.2, 0.25) is 0 Å². The van der Waals surface area contributed by atoms with E-state index in [1.54, 1.807) is 74.9 Å². The first-order valence-corrected chi connectivity index (χ1v) is 8.93. The number of rotatable bonds is 6. The van der Waals surface area contributed by atoms with E-state index >= 15 is 0 Å². The molecule has 0 atom stereocenters. The van der Waals surface area contributed by atoms with Gasteiger partial charge in [0.2, 0.25) is 0 Å². The lowest BCUT2D eigenvalue weighted by Gasteiger charge is -2.12. The van der Waals surface area contributed by atoms with E-state index in [1.165, 1.54) is 0 Å². The molecule has 0 aromatic heterocycles. The Labute approximate surface area is 164 Å². The van der Waals surface area contributed by atoms with Gasteiger partial charge in [-0.05, 0) is 85.6 Å². The molecule has 4 heteroatoms. The van der Waals surface area contributed by atoms with Crippen LogP contribution in [0.4, 0.5) is 0 Å². The molecule has 0 amide bonds. The molecule has 3 aromatic carbocycles. The number of ether oxygens (including phenoxy) is 2. The van der Waals surface area contributed by atoms with Gasteiger partial charge in [0.1, 0.15) is 11.5 Å². The number of ketones is 2. The van der Waals surface area contributed by atoms with Crippen LogP contribution in [0.3, 0.4) is 0 Å². The summed E-state index contributed by atoms with van der Waals surface area (Å²) >= 11 is 0. The highest BCUT2D eigenvalue weighted by atomic mass is 16.5. The average molecular weight is 374 g/mol. The fraction of sp³-hybridized carbons (Fsp3) is 0.167. The maximum absolute atomic E-state index is 13.0. The fourth-order valence-electron chi connectivity index (χ4n) is 3.25. The third kappa shape index (κ3) is 3.81. The van der Waals surface area contributed by atoms with Gasteiger partial charge in [0.15, 0.2) is 11.6 Å². The van der Waals surface area contributed by atoms with Crippen molar-refractivity contribution in [3.63, 3.8) is 0 Å². The van der Waals surface area contributed by atoms with Crippen molar-refractivity contribution in [1.29, 1.82) is 0 Å². The van der Waals surface area contributed by atoms with Crippen LogP contribution < -0.4 is 9.47 Å². The van der Waals surface area contributed by atoms with E-state index in [0.29, 0.717) is 33.8 Å². The molecular weight excluding hydrogens is 352 g/mol. The standard InChI is InChI=1S/C24H22O4/c1-15-13-19(23(25)17-5-9-20(27-3)10-6-17)14-16(2)22(15)24(26)18-7-11-21(28-4)12-8-18/h5-14H,1-4H3. The van der Waals surface area contributed by atoms with Gasteiger partial charge in [-0.25, -0.2) is 0 Å². The highest BCUT2D eigenvalue weighted by Crippen LogP contribution is 2.24. The molecule has 0 saturated heterocycles. The number of methoxy groups -OCH3 is 2. The van der Waals surface area contributed by atoms with E-state index in [-0.39, 0.29) is 11.6 Å². The molecule has 0 unspecified atom stereocenters. The maximum atomic E-state index is 13.0. The van der Waals surface area contributed by atoms with Crippen LogP contribution in [0.1, 0.15) is 43.0 Å². The van der Waals surface area contributed by atoms with Gasteiger partial charge in [-0.1, -0.05) is 0 Å². The summed E-state index contributed by atoms with van der Waals surface area (Å²) in [6.07, 6.45) is 0. The number of hydrogen-bond acceptors (Lipinski definition) is 4. The summed E-state index contributed by atoms with van der Waals surface area (Å²) in [5.41, 5.74) is 3.90. The Balaban J connectivity index is 1.93. The molecule has 0 N–H and O–H groups in total. The molecule has 142 valence electrons. The van der Waals surface area contributed by atoms with E-state index < -0.39 is 0 Å². The van der Waals surface area contributed by atoms with E-state index in [4.69, 9.17) is 9.47 Å². The zero-order chi connectivity index (χ0) is 20.3. The van der Waals surface area contributed by atoms with Crippen LogP contribution in [-0.4, -0.2) is 25.8 Å². The molecule has 0 spiro atoms. The van der Waals surface area contributed by atoms with Gasteiger partial charge in [-0.2, -0.15) is 0 Å². The first kappa shape index (κ1) is 19.4. The van der Waals surface area contributed by atoms with Gasteiger partial charge in [0, 0.05) is 22.3 Å². The molecule has 0 radical (unpaired) electrons. The molecule has 0 bridgehead atoms. The molecule has 28 heavy (non-hydrogen) atoms. The molecule has 0 aliphatic carbocycles. The highest BCUT2D eigenvalue weighted by Gasteiger charge is 2.18. The van der Waals surface area contributed by atoms with Crippen LogP contribution in [0.5, 0.6) is 11.5 Å². The molecule has 3 rings (SSSR count). The van der Waals surface area contributed by atoms with Gasteiger partial charge in [-0.3, -0.25) is 9.59 Å². The minimum atomic E-state index is -0.0858. The third-order valence-electron chi connectivity index (χ3n) is 4.73. The molecule has 3 aromatic rings. The second-order valence-corrected chi connectivity index (χ2v) is 6.60. The lowest BCUT2D eigenvalue weighted by molar-refractivity contribution is 0.102. The first-order chi connectivity index (χ1) is 13.4. The summed E-state index contributed by atoms with van der Waals surface area (Å²) in [6, 6.07) is 17.6. The topological polar surface area (TPSA) is 52.6 Å². The van der Waals surface area contributed by atoms with Crippen molar-refractivity contribution >= 4 is 11.6 Å². The fourth-order valence-corrected chi connectivity index (χ4v) is 3.25. The molecule has 0 fully saturated rings. The lowest BCUT2D eigenvalue weighted by Crippen LogP contribution is -2.09. The Morgan fingerprint density at radius 3 is 1.39 bits per heavy atom. The quantitative estimate of drug-likeness (QED) is 0.583. The Hall–Kier alpha value is -3.40. The summed E-state index contributed by atoms with van der Waals surface area (Å²) in [4.78, 5) is 25.8. The Kier molecular flexibility index (Phi) is 5.59. The predicted molar refractivity (Wildman–Crippen MR) is 109 cm³/mol. The van der Waals surface area contributed by atoms with Gasteiger partial charge >= 0.3 is 0 Å². The van der Waals surface area contributed by atoms with Crippen LogP contribution in [0.25, 0.3) is 0 Å². The van der Waals surface area contributed by atoms with Crippen molar-refractivity contribution < 1.29 is 19.1 Å². The summed E-state index contributed by atoms with van der Waals surface area (Å²) < 4.78 is 10.3. The van der Waals surface area contributed by atoms with E-state index in [0.717, 1.165) is 11.1 Å². The smallest absolute Gasteiger partial charge is 0.193 e. The number of benzene rings is 3. The van der Waals surface area contributed by atoms with Crippen LogP contribution in [0.15, 0.2) is 60.7 Å². The molecule has 0 heterocycles. The van der Waals surface area contributed by atoms with Crippen molar-refractivity contribution in [2.75, 3.05) is 14.2 Å². The zero-order valence-electron chi connectivity index (χ0n) is 16.4. The molecule has 4 nitrogen and oxygen atoms in total. The third-order valence-corrected chi connectivity index (χ3v) is 4.73. The molecule has 0 aliphatic rings. The van der Waals surface area contributed by atoms with Gasteiger partial charge in [0.25, 0.3) is 0 Å². The SMILES string of the molecule is COc1ccc(C(=O)c2cc(C)c(C(=O)c3ccc(OC)cc3)c(C)c2)cc1. The molecule has 0 saturated carbocycles. The van der Waals surface area contributed by atoms with Crippen molar-refractivity contribution in [3.8, 4) is 11.5 Å². The Morgan fingerprint density at radius 2 is 1.00 bits per heavy atom. The van der Waals surface area contributed by atoms with Gasteiger partial charge < -0.3 is 9.47 Å². The first-order valence-electron chi connectivity index (χ1n) is 8.93. The monoisotopic (exact) mass is 374 g/mol. The van der Waals surface area contributed by atoms with Crippen LogP contribution in [0, 0.1) is 13.8 Å². The second kappa shape index (κ2) is 8.09. The predicted octanol–water partition coefficient (Wildman–Crippen LogP) is 4.78. The minimum absolute atomic E-state index is 0.0684. The van der Waals surface area contributed by atoms with Gasteiger partial charge in [0.05, 0.1) is 14.2 Å². The summed E-state index contributed by atoms with van der Waals surface area (Å²) in [5.74, 6) is 1.24. The highest BCUT2D eigenvalue weighted by molar-refractivity contribution is 6.13. The summed E-state index contributed by atoms with van der Waals surface area (Å²) in [7, 11) is 3.17. The zero-order valence-corrected chi connectivity index (χ0v) is 16.4. The van der Waals surface area contributed by atoms with Gasteiger partial charge in [-0.15, -0.1) is 0 Å². The lowest BCUT2D eigenvalue weighted by atomic mass is 9.91. The van der Waals surface area contributed by atoms with E-state index in [1.807, 2.05) is 13.8 Å². The van der Waals surface area contributed by atoms with Crippen molar-refractivity contribution in [2.24, 2.45) is 0 Å². The summed E-state index contributed by atoms with van der Waals surface area (Å²) in [5, 5.41) is 0. The minimum Gasteiger partial charge on any atom is -0.497 e.